The number of nitrogens with one attached hydrogen (secondary N) is 2. The lowest BCUT2D eigenvalue weighted by atomic mass is 10.1. The Morgan fingerprint density at radius 2 is 1.82 bits per heavy atom. The molecule has 0 radical (unpaired) electrons. The van der Waals surface area contributed by atoms with Gasteiger partial charge in [0.1, 0.15) is 16.9 Å². The van der Waals surface area contributed by atoms with Crippen molar-refractivity contribution in [1.82, 2.24) is 20.3 Å². The number of thiophene rings is 1. The monoisotopic (exact) mass is 580 g/mol. The third-order valence-electron chi connectivity index (χ3n) is 6.44. The van der Waals surface area contributed by atoms with Gasteiger partial charge < -0.3 is 14.6 Å². The number of rotatable bonds is 4. The lowest BCUT2D eigenvalue weighted by Gasteiger charge is -2.26. The Morgan fingerprint density at radius 1 is 1.10 bits per heavy atom. The zero-order valence-corrected chi connectivity index (χ0v) is 23.9. The Hall–Kier alpha value is -3.89. The number of hydrogen-bond donors (Lipinski definition) is 2. The first-order chi connectivity index (χ1) is 19.0. The highest BCUT2D eigenvalue weighted by atomic mass is 35.5. The van der Waals surface area contributed by atoms with E-state index in [0.717, 1.165) is 32.8 Å². The molecule has 3 amide bonds. The first kappa shape index (κ1) is 27.7. The molecule has 2 aromatic heterocycles. The number of nitrogens with zero attached hydrogens (tertiary/aromatic N) is 2. The van der Waals surface area contributed by atoms with Gasteiger partial charge in [-0.05, 0) is 69.3 Å². The Kier molecular flexibility index (Phi) is 7.57. The van der Waals surface area contributed by atoms with Crippen LogP contribution in [0.5, 0.6) is 0 Å². The third-order valence-corrected chi connectivity index (χ3v) is 7.78. The number of hydrogen-bond acceptors (Lipinski definition) is 6. The molecule has 1 aliphatic heterocycles. The molecule has 5 rings (SSSR count). The summed E-state index contributed by atoms with van der Waals surface area (Å²) in [5.74, 6) is -1.29. The predicted octanol–water partition coefficient (Wildman–Crippen LogP) is 5.71. The van der Waals surface area contributed by atoms with E-state index in [1.165, 1.54) is 17.4 Å². The fourth-order valence-corrected chi connectivity index (χ4v) is 5.91. The van der Waals surface area contributed by atoms with Gasteiger partial charge in [-0.3, -0.25) is 14.4 Å². The minimum atomic E-state index is -0.863. The summed E-state index contributed by atoms with van der Waals surface area (Å²) in [5, 5.41) is 2.59. The quantitative estimate of drug-likeness (QED) is 0.300. The largest absolute Gasteiger partial charge is 0.443 e. The average Bonchev–Trinajstić information content (AvgIpc) is 3.56. The molecule has 0 aliphatic carbocycles. The first-order valence-corrected chi connectivity index (χ1v) is 14.1. The van der Waals surface area contributed by atoms with E-state index in [0.29, 0.717) is 23.6 Å². The molecule has 0 atom stereocenters. The number of pyridine rings is 1. The highest BCUT2D eigenvalue weighted by Gasteiger charge is 2.32. The molecule has 40 heavy (non-hydrogen) atoms. The van der Waals surface area contributed by atoms with Crippen molar-refractivity contribution < 1.29 is 19.1 Å². The van der Waals surface area contributed by atoms with Crippen LogP contribution in [0.4, 0.5) is 4.79 Å². The maximum absolute atomic E-state index is 14.2. The topological polar surface area (TPSA) is 112 Å². The number of likely N-dealkylation sites (tertiary alicyclic amines) is 1. The van der Waals surface area contributed by atoms with Gasteiger partial charge in [0.2, 0.25) is 5.43 Å². The van der Waals surface area contributed by atoms with Crippen LogP contribution < -0.4 is 10.9 Å². The van der Waals surface area contributed by atoms with Crippen molar-refractivity contribution in [3.8, 4) is 0 Å². The fourth-order valence-electron chi connectivity index (χ4n) is 4.68. The van der Waals surface area contributed by atoms with Crippen molar-refractivity contribution in [1.29, 1.82) is 0 Å². The average molecular weight is 581 g/mol. The van der Waals surface area contributed by atoms with E-state index in [-0.39, 0.29) is 23.2 Å². The van der Waals surface area contributed by atoms with E-state index in [1.807, 2.05) is 30.3 Å². The summed E-state index contributed by atoms with van der Waals surface area (Å²) in [7, 11) is 0. The van der Waals surface area contributed by atoms with Crippen molar-refractivity contribution in [3.63, 3.8) is 0 Å². The highest BCUT2D eigenvalue weighted by molar-refractivity contribution is 7.19. The number of aromatic nitrogens is 1. The maximum atomic E-state index is 14.2. The molecule has 2 N–H and O–H groups in total. The van der Waals surface area contributed by atoms with Crippen LogP contribution in [0.15, 0.2) is 53.3 Å². The molecule has 0 saturated carbocycles. The van der Waals surface area contributed by atoms with E-state index < -0.39 is 28.9 Å². The van der Waals surface area contributed by atoms with Gasteiger partial charge in [-0.2, -0.15) is 0 Å². The summed E-state index contributed by atoms with van der Waals surface area (Å²) in [5.41, 5.74) is 0.898. The zero-order chi connectivity index (χ0) is 28.6. The molecule has 0 spiro atoms. The Morgan fingerprint density at radius 3 is 2.52 bits per heavy atom. The zero-order valence-electron chi connectivity index (χ0n) is 22.4. The Balaban J connectivity index is 1.61. The van der Waals surface area contributed by atoms with E-state index in [9.17, 15) is 19.2 Å². The fraction of sp³-hybridized carbons (Fsp3) is 0.310. The molecule has 1 saturated heterocycles. The number of ether oxygens (including phenoxy) is 1. The first-order valence-electron chi connectivity index (χ1n) is 12.9. The lowest BCUT2D eigenvalue weighted by molar-refractivity contribution is 0.0282. The van der Waals surface area contributed by atoms with Gasteiger partial charge in [0.15, 0.2) is 0 Å². The van der Waals surface area contributed by atoms with Crippen molar-refractivity contribution in [3.05, 3.63) is 79.9 Å². The molecule has 3 heterocycles. The molecule has 11 heteroatoms. The molecule has 1 aliphatic rings. The number of H-pyrrole nitrogens is 1. The van der Waals surface area contributed by atoms with Crippen LogP contribution in [-0.4, -0.2) is 51.5 Å². The van der Waals surface area contributed by atoms with Crippen molar-refractivity contribution in [2.45, 2.75) is 45.8 Å². The second kappa shape index (κ2) is 10.9. The van der Waals surface area contributed by atoms with Crippen molar-refractivity contribution in [2.75, 3.05) is 13.1 Å². The van der Waals surface area contributed by atoms with E-state index in [2.05, 4.69) is 10.4 Å². The normalized spacial score (nSPS) is 13.6. The van der Waals surface area contributed by atoms with Crippen LogP contribution >= 0.6 is 22.9 Å². The van der Waals surface area contributed by atoms with Gasteiger partial charge in [-0.1, -0.05) is 29.8 Å². The molecular formula is C29H29ClN4O5S. The Bertz CT molecular complexity index is 1650. The van der Waals surface area contributed by atoms with Gasteiger partial charge in [-0.15, -0.1) is 11.3 Å². The van der Waals surface area contributed by atoms with E-state index in [4.69, 9.17) is 16.3 Å². The van der Waals surface area contributed by atoms with E-state index >= 15 is 0 Å². The van der Waals surface area contributed by atoms with Gasteiger partial charge >= 0.3 is 6.09 Å². The predicted molar refractivity (Wildman–Crippen MR) is 156 cm³/mol. The number of aromatic amines is 1. The molecule has 9 nitrogen and oxygen atoms in total. The maximum Gasteiger partial charge on any atom is 0.426 e. The molecular weight excluding hydrogens is 552 g/mol. The summed E-state index contributed by atoms with van der Waals surface area (Å²) in [6.45, 7) is 6.10. The van der Waals surface area contributed by atoms with Gasteiger partial charge in [0, 0.05) is 33.1 Å². The van der Waals surface area contributed by atoms with Gasteiger partial charge in [-0.25, -0.2) is 15.2 Å². The summed E-state index contributed by atoms with van der Waals surface area (Å²) in [6.07, 6.45) is 0.798. The molecule has 0 unspecified atom stereocenters. The van der Waals surface area contributed by atoms with Crippen LogP contribution in [0.1, 0.15) is 59.3 Å². The smallest absolute Gasteiger partial charge is 0.426 e. The van der Waals surface area contributed by atoms with Crippen LogP contribution in [-0.2, 0) is 11.3 Å². The van der Waals surface area contributed by atoms with Crippen LogP contribution in [0.25, 0.3) is 21.0 Å². The van der Waals surface area contributed by atoms with Gasteiger partial charge in [0.25, 0.3) is 11.8 Å². The van der Waals surface area contributed by atoms with Crippen molar-refractivity contribution in [2.24, 2.45) is 0 Å². The minimum Gasteiger partial charge on any atom is -0.443 e. The van der Waals surface area contributed by atoms with E-state index in [1.54, 1.807) is 37.8 Å². The minimum absolute atomic E-state index is 0.0487. The summed E-state index contributed by atoms with van der Waals surface area (Å²) in [6, 6.07) is 14.3. The number of carbonyl (C=O) groups is 3. The van der Waals surface area contributed by atoms with Crippen molar-refractivity contribution >= 4 is 61.8 Å². The second-order valence-corrected chi connectivity index (χ2v) is 12.3. The van der Waals surface area contributed by atoms with Gasteiger partial charge in [0.05, 0.1) is 12.1 Å². The molecule has 208 valence electrons. The SMILES string of the molecule is CC(C)(C)OC(=O)NN(Cc1cc2ccccc2s1)C(=O)c1c(C(=O)N2CCCC2)[nH]c2cc(Cl)ccc2c1=O. The number of benzene rings is 2. The van der Waals surface area contributed by atoms with Crippen LogP contribution in [0.3, 0.4) is 0 Å². The second-order valence-electron chi connectivity index (χ2n) is 10.6. The number of hydrazine groups is 1. The third kappa shape index (κ3) is 5.83. The Labute approximate surface area is 239 Å². The highest BCUT2D eigenvalue weighted by Crippen LogP contribution is 2.27. The standard InChI is InChI=1S/C29H29ClN4O5S/c1-29(2,3)39-28(38)32-34(16-19-14-17-8-4-5-9-22(17)40-19)26(36)23-24(27(37)33-12-6-7-13-33)31-21-15-18(30)10-11-20(21)25(23)35/h4-5,8-11,14-15H,6-7,12-13,16H2,1-3H3,(H,31,35)(H,32,38). The lowest BCUT2D eigenvalue weighted by Crippen LogP contribution is -2.49. The summed E-state index contributed by atoms with van der Waals surface area (Å²) >= 11 is 7.62. The number of halogens is 1. The number of amides is 3. The van der Waals surface area contributed by atoms with Crippen LogP contribution in [0.2, 0.25) is 5.02 Å². The number of fused-ring (bicyclic) bond motifs is 2. The molecule has 2 aromatic carbocycles. The summed E-state index contributed by atoms with van der Waals surface area (Å²) in [4.78, 5) is 59.8. The molecule has 0 bridgehead atoms. The summed E-state index contributed by atoms with van der Waals surface area (Å²) < 4.78 is 6.41. The molecule has 1 fully saturated rings. The number of carbonyl (C=O) groups excluding carboxylic acids is 3. The molecule has 4 aromatic rings. The van der Waals surface area contributed by atoms with Crippen LogP contribution in [0, 0.1) is 0 Å².